The number of anilines is 1. The Morgan fingerprint density at radius 1 is 1.03 bits per heavy atom. The van der Waals surface area contributed by atoms with E-state index in [1.165, 1.54) is 23.1 Å². The van der Waals surface area contributed by atoms with E-state index in [9.17, 15) is 18.8 Å². The predicted octanol–water partition coefficient (Wildman–Crippen LogP) is 3.08. The van der Waals surface area contributed by atoms with Crippen LogP contribution in [0.4, 0.5) is 10.1 Å². The summed E-state index contributed by atoms with van der Waals surface area (Å²) in [5.41, 5.74) is 0.705. The quantitative estimate of drug-likeness (QED) is 0.466. The predicted molar refractivity (Wildman–Crippen MR) is 125 cm³/mol. The number of carbonyl (C=O) groups is 3. The lowest BCUT2D eigenvalue weighted by molar-refractivity contribution is -0.121. The summed E-state index contributed by atoms with van der Waals surface area (Å²) < 4.78 is 35.3. The monoisotopic (exact) mass is 494 g/mol. The standard InChI is InChI=1S/C26H23FN2O7/c27-18-2-1-3-19(13-18)34-15-22(30)17-4-6-23-21(12-17)29(25(31)16-35-23)14-20-5-7-24(36-20)26(32)28-8-10-33-11-9-28/h1-7,12-13H,8-11,14-16H2. The number of fused-ring (bicyclic) bond motifs is 1. The Hall–Kier alpha value is -4.18. The van der Waals surface area contributed by atoms with Crippen LogP contribution in [0.1, 0.15) is 26.7 Å². The molecule has 9 nitrogen and oxygen atoms in total. The van der Waals surface area contributed by atoms with Gasteiger partial charge in [0.05, 0.1) is 25.4 Å². The first kappa shape index (κ1) is 23.6. The maximum Gasteiger partial charge on any atom is 0.289 e. The number of hydrogen-bond donors (Lipinski definition) is 0. The highest BCUT2D eigenvalue weighted by Crippen LogP contribution is 2.34. The zero-order chi connectivity index (χ0) is 25.1. The van der Waals surface area contributed by atoms with Gasteiger partial charge in [-0.1, -0.05) is 6.07 Å². The second kappa shape index (κ2) is 10.2. The number of amides is 2. The van der Waals surface area contributed by atoms with Crippen LogP contribution in [0.2, 0.25) is 0 Å². The van der Waals surface area contributed by atoms with Gasteiger partial charge in [0.25, 0.3) is 11.8 Å². The molecule has 3 aromatic rings. The largest absolute Gasteiger partial charge is 0.485 e. The number of ketones is 1. The lowest BCUT2D eigenvalue weighted by Gasteiger charge is -2.29. The Morgan fingerprint density at radius 2 is 1.86 bits per heavy atom. The van der Waals surface area contributed by atoms with Gasteiger partial charge in [0.1, 0.15) is 23.1 Å². The van der Waals surface area contributed by atoms with Gasteiger partial charge >= 0.3 is 0 Å². The fourth-order valence-electron chi connectivity index (χ4n) is 3.99. The van der Waals surface area contributed by atoms with Crippen molar-refractivity contribution in [3.8, 4) is 11.5 Å². The number of rotatable bonds is 7. The van der Waals surface area contributed by atoms with E-state index in [2.05, 4.69) is 0 Å². The molecule has 36 heavy (non-hydrogen) atoms. The number of carbonyl (C=O) groups excluding carboxylic acids is 3. The number of hydrogen-bond acceptors (Lipinski definition) is 7. The van der Waals surface area contributed by atoms with Crippen LogP contribution in [0.5, 0.6) is 11.5 Å². The molecule has 2 amide bonds. The van der Waals surface area contributed by atoms with Crippen molar-refractivity contribution < 1.29 is 37.4 Å². The van der Waals surface area contributed by atoms with Crippen molar-refractivity contribution in [2.24, 2.45) is 0 Å². The molecule has 0 atom stereocenters. The van der Waals surface area contributed by atoms with Crippen LogP contribution >= 0.6 is 0 Å². The van der Waals surface area contributed by atoms with E-state index >= 15 is 0 Å². The van der Waals surface area contributed by atoms with Crippen molar-refractivity contribution in [1.82, 2.24) is 4.90 Å². The van der Waals surface area contributed by atoms with Crippen LogP contribution in [0, 0.1) is 5.82 Å². The molecule has 1 saturated heterocycles. The molecule has 3 heterocycles. The fraction of sp³-hybridized carbons (Fsp3) is 0.269. The zero-order valence-electron chi connectivity index (χ0n) is 19.3. The van der Waals surface area contributed by atoms with Gasteiger partial charge in [-0.25, -0.2) is 4.39 Å². The van der Waals surface area contributed by atoms with E-state index in [-0.39, 0.29) is 48.9 Å². The highest BCUT2D eigenvalue weighted by atomic mass is 19.1. The number of morpholine rings is 1. The molecule has 0 N–H and O–H groups in total. The first-order valence-electron chi connectivity index (χ1n) is 11.4. The Labute approximate surface area is 205 Å². The van der Waals surface area contributed by atoms with Crippen molar-refractivity contribution in [2.45, 2.75) is 6.54 Å². The minimum Gasteiger partial charge on any atom is -0.485 e. The van der Waals surface area contributed by atoms with Gasteiger partial charge in [-0.3, -0.25) is 19.3 Å². The summed E-state index contributed by atoms with van der Waals surface area (Å²) in [6.45, 7) is 1.53. The molecule has 2 aromatic carbocycles. The Kier molecular flexibility index (Phi) is 6.68. The molecule has 0 bridgehead atoms. The summed E-state index contributed by atoms with van der Waals surface area (Å²) in [5, 5.41) is 0. The lowest BCUT2D eigenvalue weighted by atomic mass is 10.1. The van der Waals surface area contributed by atoms with Gasteiger partial charge in [-0.15, -0.1) is 0 Å². The van der Waals surface area contributed by atoms with Crippen LogP contribution < -0.4 is 14.4 Å². The van der Waals surface area contributed by atoms with E-state index in [1.54, 1.807) is 41.3 Å². The topological polar surface area (TPSA) is 98.5 Å². The molecule has 10 heteroatoms. The van der Waals surface area contributed by atoms with Crippen molar-refractivity contribution in [3.05, 3.63) is 77.5 Å². The van der Waals surface area contributed by atoms with Gasteiger partial charge in [-0.2, -0.15) is 0 Å². The summed E-state index contributed by atoms with van der Waals surface area (Å²) in [5.74, 6) is -0.0884. The first-order valence-corrected chi connectivity index (χ1v) is 11.4. The molecule has 5 rings (SSSR count). The van der Waals surface area contributed by atoms with Crippen LogP contribution in [-0.4, -0.2) is 62.0 Å². The normalized spacial score (nSPS) is 15.3. The third kappa shape index (κ3) is 5.08. The molecular formula is C26H23FN2O7. The van der Waals surface area contributed by atoms with Gasteiger partial charge in [0, 0.05) is 24.7 Å². The van der Waals surface area contributed by atoms with Crippen molar-refractivity contribution in [2.75, 3.05) is 44.4 Å². The molecule has 0 unspecified atom stereocenters. The summed E-state index contributed by atoms with van der Waals surface area (Å²) in [6, 6.07) is 13.5. The Bertz CT molecular complexity index is 1300. The second-order valence-corrected chi connectivity index (χ2v) is 8.29. The molecule has 0 spiro atoms. The number of nitrogens with zero attached hydrogens (tertiary/aromatic N) is 2. The molecule has 1 fully saturated rings. The first-order chi connectivity index (χ1) is 17.5. The third-order valence-electron chi connectivity index (χ3n) is 5.87. The summed E-state index contributed by atoms with van der Waals surface area (Å²) >= 11 is 0. The summed E-state index contributed by atoms with van der Waals surface area (Å²) in [7, 11) is 0. The molecule has 0 aliphatic carbocycles. The van der Waals surface area contributed by atoms with Crippen molar-refractivity contribution in [3.63, 3.8) is 0 Å². The number of Topliss-reactive ketones (excluding diaryl/α,β-unsaturated/α-hetero) is 1. The lowest BCUT2D eigenvalue weighted by Crippen LogP contribution is -2.40. The highest BCUT2D eigenvalue weighted by molar-refractivity contribution is 6.02. The van der Waals surface area contributed by atoms with Crippen molar-refractivity contribution in [1.29, 1.82) is 0 Å². The molecule has 186 valence electrons. The number of furan rings is 1. The number of halogens is 1. The molecule has 1 aromatic heterocycles. The Morgan fingerprint density at radius 3 is 2.67 bits per heavy atom. The molecular weight excluding hydrogens is 471 g/mol. The number of benzene rings is 2. The van der Waals surface area contributed by atoms with Gasteiger partial charge in [0.2, 0.25) is 0 Å². The maximum atomic E-state index is 13.4. The number of ether oxygens (including phenoxy) is 3. The van der Waals surface area contributed by atoms with Crippen molar-refractivity contribution >= 4 is 23.3 Å². The van der Waals surface area contributed by atoms with Gasteiger partial charge < -0.3 is 23.5 Å². The second-order valence-electron chi connectivity index (χ2n) is 8.29. The minimum absolute atomic E-state index is 0.0586. The SMILES string of the molecule is O=C(COc1cccc(F)c1)c1ccc2c(c1)N(Cc1ccc(C(=O)N3CCOCC3)o1)C(=O)CO2. The van der Waals surface area contributed by atoms with Crippen LogP contribution in [-0.2, 0) is 16.1 Å². The van der Waals surface area contributed by atoms with Gasteiger partial charge in [0.15, 0.2) is 24.8 Å². The maximum absolute atomic E-state index is 13.4. The van der Waals surface area contributed by atoms with Crippen LogP contribution in [0.25, 0.3) is 0 Å². The van der Waals surface area contributed by atoms with E-state index in [1.807, 2.05) is 0 Å². The summed E-state index contributed by atoms with van der Waals surface area (Å²) in [6.07, 6.45) is 0. The van der Waals surface area contributed by atoms with Gasteiger partial charge in [-0.05, 0) is 42.5 Å². The Balaban J connectivity index is 1.31. The average molecular weight is 494 g/mol. The molecule has 0 radical (unpaired) electrons. The van der Waals surface area contributed by atoms with E-state index in [0.717, 1.165) is 0 Å². The fourth-order valence-corrected chi connectivity index (χ4v) is 3.99. The minimum atomic E-state index is -0.465. The van der Waals surface area contributed by atoms with E-state index in [0.29, 0.717) is 49.1 Å². The molecule has 0 saturated carbocycles. The van der Waals surface area contributed by atoms with Crippen LogP contribution in [0.3, 0.4) is 0 Å². The third-order valence-corrected chi connectivity index (χ3v) is 5.87. The highest BCUT2D eigenvalue weighted by Gasteiger charge is 2.29. The van der Waals surface area contributed by atoms with E-state index < -0.39 is 5.82 Å². The zero-order valence-corrected chi connectivity index (χ0v) is 19.3. The molecule has 2 aliphatic rings. The summed E-state index contributed by atoms with van der Waals surface area (Å²) in [4.78, 5) is 41.2. The van der Waals surface area contributed by atoms with Crippen LogP contribution in [0.15, 0.2) is 59.0 Å². The molecule has 2 aliphatic heterocycles. The smallest absolute Gasteiger partial charge is 0.289 e. The van der Waals surface area contributed by atoms with E-state index in [4.69, 9.17) is 18.6 Å². The average Bonchev–Trinajstić information content (AvgIpc) is 3.37.